The van der Waals surface area contributed by atoms with Crippen molar-refractivity contribution in [2.24, 2.45) is 5.92 Å². The topological polar surface area (TPSA) is 29.3 Å². The fourth-order valence-corrected chi connectivity index (χ4v) is 2.48. The summed E-state index contributed by atoms with van der Waals surface area (Å²) in [7, 11) is 0. The van der Waals surface area contributed by atoms with Crippen molar-refractivity contribution in [3.05, 3.63) is 23.8 Å². The zero-order chi connectivity index (χ0) is 12.4. The van der Waals surface area contributed by atoms with E-state index in [1.54, 1.807) is 0 Å². The minimum Gasteiger partial charge on any atom is -0.397 e. The summed E-state index contributed by atoms with van der Waals surface area (Å²) >= 11 is 0. The van der Waals surface area contributed by atoms with Crippen LogP contribution in [0.2, 0.25) is 0 Å². The highest BCUT2D eigenvalue weighted by Gasteiger charge is 2.24. The Morgan fingerprint density at radius 1 is 1.41 bits per heavy atom. The Kier molecular flexibility index (Phi) is 3.50. The summed E-state index contributed by atoms with van der Waals surface area (Å²) in [4.78, 5) is 1.88. The van der Waals surface area contributed by atoms with Gasteiger partial charge < -0.3 is 10.6 Å². The molecule has 1 aromatic carbocycles. The number of hydrogen-bond donors (Lipinski definition) is 1. The molecule has 0 bridgehead atoms. The van der Waals surface area contributed by atoms with E-state index in [2.05, 4.69) is 6.92 Å². The van der Waals surface area contributed by atoms with Crippen molar-refractivity contribution in [2.45, 2.75) is 26.2 Å². The Morgan fingerprint density at radius 3 is 2.88 bits per heavy atom. The lowest BCUT2D eigenvalue weighted by Gasteiger charge is -2.34. The summed E-state index contributed by atoms with van der Waals surface area (Å²) < 4.78 is 27.0. The maximum atomic E-state index is 13.8. The lowest BCUT2D eigenvalue weighted by Crippen LogP contribution is -2.36. The second-order valence-corrected chi connectivity index (χ2v) is 4.66. The molecule has 1 aliphatic rings. The van der Waals surface area contributed by atoms with Gasteiger partial charge in [-0.15, -0.1) is 0 Å². The Morgan fingerprint density at radius 2 is 2.18 bits per heavy atom. The summed E-state index contributed by atoms with van der Waals surface area (Å²) in [5, 5.41) is 0. The number of nitrogen functional groups attached to an aromatic ring is 1. The van der Waals surface area contributed by atoms with E-state index in [4.69, 9.17) is 5.73 Å². The number of benzene rings is 1. The van der Waals surface area contributed by atoms with Crippen LogP contribution in [0, 0.1) is 17.6 Å². The molecule has 1 fully saturated rings. The summed E-state index contributed by atoms with van der Waals surface area (Å²) in [6, 6.07) is 2.51. The lowest BCUT2D eigenvalue weighted by atomic mass is 9.95. The largest absolute Gasteiger partial charge is 0.397 e. The van der Waals surface area contributed by atoms with Crippen molar-refractivity contribution in [1.82, 2.24) is 0 Å². The summed E-state index contributed by atoms with van der Waals surface area (Å²) in [6.45, 7) is 3.64. The van der Waals surface area contributed by atoms with Gasteiger partial charge >= 0.3 is 0 Å². The molecular weight excluding hydrogens is 222 g/mol. The zero-order valence-corrected chi connectivity index (χ0v) is 10.0. The summed E-state index contributed by atoms with van der Waals surface area (Å²) in [6.07, 6.45) is 3.23. The quantitative estimate of drug-likeness (QED) is 0.804. The average Bonchev–Trinajstić information content (AvgIpc) is 2.35. The Bertz CT molecular complexity index is 407. The SMILES string of the molecule is CCC1CCCN(c2c(N)ccc(F)c2F)C1. The van der Waals surface area contributed by atoms with Crippen molar-refractivity contribution < 1.29 is 8.78 Å². The first kappa shape index (κ1) is 12.1. The Labute approximate surface area is 100 Å². The maximum absolute atomic E-state index is 13.8. The van der Waals surface area contributed by atoms with Gasteiger partial charge in [-0.25, -0.2) is 8.78 Å². The fraction of sp³-hybridized carbons (Fsp3) is 0.538. The molecule has 0 aromatic heterocycles. The maximum Gasteiger partial charge on any atom is 0.184 e. The third-order valence-corrected chi connectivity index (χ3v) is 3.51. The molecule has 2 nitrogen and oxygen atoms in total. The minimum atomic E-state index is -0.826. The third kappa shape index (κ3) is 2.35. The number of halogens is 2. The van der Waals surface area contributed by atoms with E-state index in [-0.39, 0.29) is 5.69 Å². The van der Waals surface area contributed by atoms with Crippen LogP contribution in [-0.2, 0) is 0 Å². The molecule has 0 spiro atoms. The van der Waals surface area contributed by atoms with Gasteiger partial charge in [0.15, 0.2) is 11.6 Å². The first-order chi connectivity index (χ1) is 8.13. The second kappa shape index (κ2) is 4.90. The number of hydrogen-bond acceptors (Lipinski definition) is 2. The predicted molar refractivity (Wildman–Crippen MR) is 66.0 cm³/mol. The van der Waals surface area contributed by atoms with Crippen LogP contribution in [-0.4, -0.2) is 13.1 Å². The van der Waals surface area contributed by atoms with Crippen molar-refractivity contribution >= 4 is 11.4 Å². The molecule has 17 heavy (non-hydrogen) atoms. The molecular formula is C13H18F2N2. The smallest absolute Gasteiger partial charge is 0.184 e. The number of anilines is 2. The predicted octanol–water partition coefficient (Wildman–Crippen LogP) is 3.17. The number of nitrogens with two attached hydrogens (primary N) is 1. The lowest BCUT2D eigenvalue weighted by molar-refractivity contribution is 0.399. The highest BCUT2D eigenvalue weighted by atomic mass is 19.2. The molecule has 94 valence electrons. The van der Waals surface area contributed by atoms with Crippen molar-refractivity contribution in [2.75, 3.05) is 23.7 Å². The first-order valence-corrected chi connectivity index (χ1v) is 6.12. The van der Waals surface area contributed by atoms with Crippen LogP contribution in [0.15, 0.2) is 12.1 Å². The normalized spacial score (nSPS) is 20.6. The molecule has 1 aliphatic heterocycles. The van der Waals surface area contributed by atoms with E-state index in [1.165, 1.54) is 6.07 Å². The van der Waals surface area contributed by atoms with Gasteiger partial charge in [-0.3, -0.25) is 0 Å². The molecule has 0 aliphatic carbocycles. The van der Waals surface area contributed by atoms with E-state index in [1.807, 2.05) is 4.90 Å². The van der Waals surface area contributed by atoms with Gasteiger partial charge in [0.1, 0.15) is 0 Å². The van der Waals surface area contributed by atoms with Crippen LogP contribution in [0.5, 0.6) is 0 Å². The van der Waals surface area contributed by atoms with E-state index in [0.29, 0.717) is 11.6 Å². The van der Waals surface area contributed by atoms with Gasteiger partial charge in [-0.2, -0.15) is 0 Å². The van der Waals surface area contributed by atoms with Gasteiger partial charge in [-0.05, 0) is 30.9 Å². The van der Waals surface area contributed by atoms with Crippen LogP contribution in [0.4, 0.5) is 20.2 Å². The van der Waals surface area contributed by atoms with Crippen LogP contribution < -0.4 is 10.6 Å². The van der Waals surface area contributed by atoms with E-state index < -0.39 is 11.6 Å². The van der Waals surface area contributed by atoms with Crippen LogP contribution in [0.25, 0.3) is 0 Å². The molecule has 2 N–H and O–H groups in total. The molecule has 4 heteroatoms. The van der Waals surface area contributed by atoms with Crippen LogP contribution in [0.1, 0.15) is 26.2 Å². The first-order valence-electron chi connectivity index (χ1n) is 6.12. The summed E-state index contributed by atoms with van der Waals surface area (Å²) in [5.41, 5.74) is 6.32. The summed E-state index contributed by atoms with van der Waals surface area (Å²) in [5.74, 6) is -1.10. The molecule has 2 rings (SSSR count). The molecule has 1 saturated heterocycles. The highest BCUT2D eigenvalue weighted by molar-refractivity contribution is 5.68. The molecule has 0 radical (unpaired) electrons. The van der Waals surface area contributed by atoms with Crippen molar-refractivity contribution in [3.63, 3.8) is 0 Å². The third-order valence-electron chi connectivity index (χ3n) is 3.51. The molecule has 1 aromatic rings. The van der Waals surface area contributed by atoms with Gasteiger partial charge in [0, 0.05) is 13.1 Å². The van der Waals surface area contributed by atoms with Gasteiger partial charge in [0.2, 0.25) is 0 Å². The fourth-order valence-electron chi connectivity index (χ4n) is 2.48. The van der Waals surface area contributed by atoms with Gasteiger partial charge in [-0.1, -0.05) is 13.3 Å². The monoisotopic (exact) mass is 240 g/mol. The highest BCUT2D eigenvalue weighted by Crippen LogP contribution is 2.32. The average molecular weight is 240 g/mol. The van der Waals surface area contributed by atoms with Crippen molar-refractivity contribution in [3.8, 4) is 0 Å². The number of rotatable bonds is 2. The standard InChI is InChI=1S/C13H18F2N2/c1-2-9-4-3-7-17(8-9)13-11(16)6-5-10(14)12(13)15/h5-6,9H,2-4,7-8,16H2,1H3. The van der Waals surface area contributed by atoms with Crippen molar-refractivity contribution in [1.29, 1.82) is 0 Å². The minimum absolute atomic E-state index is 0.239. The van der Waals surface area contributed by atoms with Gasteiger partial charge in [0.25, 0.3) is 0 Å². The number of piperidine rings is 1. The molecule has 0 saturated carbocycles. The molecule has 0 amide bonds. The molecule has 1 atom stereocenters. The molecule has 1 unspecified atom stereocenters. The molecule has 1 heterocycles. The van der Waals surface area contributed by atoms with E-state index in [9.17, 15) is 8.78 Å². The zero-order valence-electron chi connectivity index (χ0n) is 10.0. The van der Waals surface area contributed by atoms with E-state index >= 15 is 0 Å². The Balaban J connectivity index is 2.30. The van der Waals surface area contributed by atoms with E-state index in [0.717, 1.165) is 38.4 Å². The van der Waals surface area contributed by atoms with Crippen LogP contribution in [0.3, 0.4) is 0 Å². The van der Waals surface area contributed by atoms with Gasteiger partial charge in [0.05, 0.1) is 11.4 Å². The van der Waals surface area contributed by atoms with Crippen LogP contribution >= 0.6 is 0 Å². The number of nitrogens with zero attached hydrogens (tertiary/aromatic N) is 1. The second-order valence-electron chi connectivity index (χ2n) is 4.66. The Hall–Kier alpha value is -1.32.